The van der Waals surface area contributed by atoms with Crippen LogP contribution in [0.2, 0.25) is 5.02 Å². The predicted molar refractivity (Wildman–Crippen MR) is 121 cm³/mol. The summed E-state index contributed by atoms with van der Waals surface area (Å²) in [5.41, 5.74) is 0.374. The molecule has 3 rings (SSSR count). The van der Waals surface area contributed by atoms with Gasteiger partial charge in [-0.3, -0.25) is 14.4 Å². The van der Waals surface area contributed by atoms with E-state index in [1.165, 1.54) is 15.5 Å². The van der Waals surface area contributed by atoms with Gasteiger partial charge in [-0.15, -0.1) is 0 Å². The van der Waals surface area contributed by atoms with E-state index in [1.54, 1.807) is 24.3 Å². The van der Waals surface area contributed by atoms with Crippen LogP contribution in [0.4, 0.5) is 0 Å². The summed E-state index contributed by atoms with van der Waals surface area (Å²) in [5, 5.41) is 3.29. The Morgan fingerprint density at radius 2 is 1.87 bits per heavy atom. The van der Waals surface area contributed by atoms with Gasteiger partial charge in [0.1, 0.15) is 21.1 Å². The van der Waals surface area contributed by atoms with Crippen LogP contribution < -0.4 is 10.9 Å². The second kappa shape index (κ2) is 9.54. The lowest BCUT2D eigenvalue weighted by atomic mass is 10.1. The summed E-state index contributed by atoms with van der Waals surface area (Å²) in [5.74, 6) is -0.937. The van der Waals surface area contributed by atoms with Crippen LogP contribution in [-0.4, -0.2) is 54.8 Å². The van der Waals surface area contributed by atoms with Crippen molar-refractivity contribution in [2.75, 3.05) is 25.1 Å². The second-order valence-corrected chi connectivity index (χ2v) is 10.8. The fraction of sp³-hybridized carbons (Fsp3) is 0.350. The number of rotatable bonds is 7. The Morgan fingerprint density at radius 1 is 1.19 bits per heavy atom. The average molecular weight is 531 g/mol. The Hall–Kier alpha value is -2.17. The SMILES string of the molecule is CS(=O)(=O)CCCN1CCn2c(c(Br)cc(C(=O)NCc3ccc(Cl)cc3)c2=O)C1=O. The smallest absolute Gasteiger partial charge is 0.271 e. The minimum absolute atomic E-state index is 0.0164. The number of pyridine rings is 1. The Morgan fingerprint density at radius 3 is 2.52 bits per heavy atom. The number of carbonyl (C=O) groups is 2. The number of hydrogen-bond donors (Lipinski definition) is 1. The summed E-state index contributed by atoms with van der Waals surface area (Å²) in [7, 11) is -3.11. The highest BCUT2D eigenvalue weighted by atomic mass is 79.9. The summed E-state index contributed by atoms with van der Waals surface area (Å²) in [4.78, 5) is 39.8. The summed E-state index contributed by atoms with van der Waals surface area (Å²) < 4.78 is 24.2. The van der Waals surface area contributed by atoms with Crippen molar-refractivity contribution in [1.82, 2.24) is 14.8 Å². The monoisotopic (exact) mass is 529 g/mol. The van der Waals surface area contributed by atoms with Gasteiger partial charge in [0.2, 0.25) is 0 Å². The van der Waals surface area contributed by atoms with Crippen molar-refractivity contribution in [3.63, 3.8) is 0 Å². The zero-order valence-electron chi connectivity index (χ0n) is 16.7. The first kappa shape index (κ1) is 23.5. The minimum atomic E-state index is -3.11. The number of nitrogens with zero attached hydrogens (tertiary/aromatic N) is 2. The van der Waals surface area contributed by atoms with E-state index in [1.807, 2.05) is 0 Å². The van der Waals surface area contributed by atoms with E-state index in [2.05, 4.69) is 21.2 Å². The molecule has 2 heterocycles. The molecule has 0 fully saturated rings. The third-order valence-electron chi connectivity index (χ3n) is 4.88. The average Bonchev–Trinajstić information content (AvgIpc) is 2.70. The van der Waals surface area contributed by atoms with Crippen molar-refractivity contribution < 1.29 is 18.0 Å². The molecule has 31 heavy (non-hydrogen) atoms. The molecule has 11 heteroatoms. The van der Waals surface area contributed by atoms with Crippen molar-refractivity contribution in [2.24, 2.45) is 0 Å². The van der Waals surface area contributed by atoms with E-state index in [4.69, 9.17) is 11.6 Å². The Labute approximate surface area is 193 Å². The third-order valence-corrected chi connectivity index (χ3v) is 6.77. The number of carbonyl (C=O) groups excluding carboxylic acids is 2. The highest BCUT2D eigenvalue weighted by molar-refractivity contribution is 9.10. The summed E-state index contributed by atoms with van der Waals surface area (Å²) in [6.45, 7) is 0.977. The lowest BCUT2D eigenvalue weighted by Gasteiger charge is -2.30. The number of amides is 2. The molecule has 0 unspecified atom stereocenters. The van der Waals surface area contributed by atoms with Gasteiger partial charge in [0.05, 0.1) is 5.75 Å². The van der Waals surface area contributed by atoms with Gasteiger partial charge in [0.25, 0.3) is 17.4 Å². The lowest BCUT2D eigenvalue weighted by Crippen LogP contribution is -2.46. The van der Waals surface area contributed by atoms with Gasteiger partial charge >= 0.3 is 0 Å². The summed E-state index contributed by atoms with van der Waals surface area (Å²) in [6, 6.07) is 8.31. The van der Waals surface area contributed by atoms with Crippen molar-refractivity contribution in [2.45, 2.75) is 19.5 Å². The Balaban J connectivity index is 1.76. The maximum atomic E-state index is 12.9. The van der Waals surface area contributed by atoms with Crippen LogP contribution in [0, 0.1) is 0 Å². The van der Waals surface area contributed by atoms with Crippen LogP contribution in [0.15, 0.2) is 39.6 Å². The maximum absolute atomic E-state index is 12.9. The van der Waals surface area contributed by atoms with Crippen molar-refractivity contribution in [1.29, 1.82) is 0 Å². The molecule has 0 bridgehead atoms. The van der Waals surface area contributed by atoms with Crippen LogP contribution in [-0.2, 0) is 22.9 Å². The van der Waals surface area contributed by atoms with Gasteiger partial charge in [-0.2, -0.15) is 0 Å². The molecule has 0 atom stereocenters. The van der Waals surface area contributed by atoms with Crippen LogP contribution in [0.25, 0.3) is 0 Å². The molecule has 1 N–H and O–H groups in total. The predicted octanol–water partition coefficient (Wildman–Crippen LogP) is 2.08. The zero-order valence-corrected chi connectivity index (χ0v) is 19.9. The zero-order chi connectivity index (χ0) is 22.8. The molecule has 166 valence electrons. The van der Waals surface area contributed by atoms with Crippen LogP contribution in [0.1, 0.15) is 32.8 Å². The fourth-order valence-electron chi connectivity index (χ4n) is 3.31. The highest BCUT2D eigenvalue weighted by Gasteiger charge is 2.29. The number of sulfone groups is 1. The Bertz CT molecular complexity index is 1180. The second-order valence-electron chi connectivity index (χ2n) is 7.30. The molecule has 1 aromatic heterocycles. The van der Waals surface area contributed by atoms with Crippen molar-refractivity contribution in [3.05, 3.63) is 67.0 Å². The topological polar surface area (TPSA) is 106 Å². The van der Waals surface area contributed by atoms with E-state index in [0.717, 1.165) is 11.8 Å². The molecule has 2 amide bonds. The number of benzene rings is 1. The van der Waals surface area contributed by atoms with Crippen LogP contribution in [0.3, 0.4) is 0 Å². The number of fused-ring (bicyclic) bond motifs is 1. The molecule has 1 aliphatic heterocycles. The molecule has 0 saturated carbocycles. The van der Waals surface area contributed by atoms with Gasteiger partial charge < -0.3 is 14.8 Å². The Kier molecular flexibility index (Phi) is 7.23. The summed E-state index contributed by atoms with van der Waals surface area (Å²) in [6.07, 6.45) is 1.47. The first-order chi connectivity index (χ1) is 14.6. The van der Waals surface area contributed by atoms with E-state index in [9.17, 15) is 22.8 Å². The first-order valence-electron chi connectivity index (χ1n) is 9.50. The lowest BCUT2D eigenvalue weighted by molar-refractivity contribution is 0.0697. The van der Waals surface area contributed by atoms with Gasteiger partial charge in [-0.05, 0) is 46.1 Å². The molecule has 0 saturated heterocycles. The molecule has 0 radical (unpaired) electrons. The third kappa shape index (κ3) is 5.75. The van der Waals surface area contributed by atoms with E-state index in [-0.39, 0.29) is 49.1 Å². The fourth-order valence-corrected chi connectivity index (χ4v) is 4.70. The van der Waals surface area contributed by atoms with Gasteiger partial charge in [-0.1, -0.05) is 23.7 Å². The highest BCUT2D eigenvalue weighted by Crippen LogP contribution is 2.22. The number of nitrogens with one attached hydrogen (secondary N) is 1. The largest absolute Gasteiger partial charge is 0.348 e. The molecule has 0 spiro atoms. The van der Waals surface area contributed by atoms with E-state index in [0.29, 0.717) is 15.9 Å². The molecule has 8 nitrogen and oxygen atoms in total. The standard InChI is InChI=1S/C20H21BrClN3O5S/c1-31(29,30)10-2-7-24-8-9-25-17(20(24)28)16(21)11-15(19(25)27)18(26)23-12-13-3-5-14(22)6-4-13/h3-6,11H,2,7-10,12H2,1H3,(H,23,26). The first-order valence-corrected chi connectivity index (χ1v) is 12.7. The van der Waals surface area contributed by atoms with Crippen molar-refractivity contribution in [3.8, 4) is 0 Å². The number of hydrogen-bond acceptors (Lipinski definition) is 5. The quantitative estimate of drug-likeness (QED) is 0.590. The van der Waals surface area contributed by atoms with Crippen LogP contribution in [0.5, 0.6) is 0 Å². The van der Waals surface area contributed by atoms with E-state index >= 15 is 0 Å². The molecular weight excluding hydrogens is 510 g/mol. The summed E-state index contributed by atoms with van der Waals surface area (Å²) >= 11 is 9.16. The minimum Gasteiger partial charge on any atom is -0.348 e. The molecular formula is C20H21BrClN3O5S. The van der Waals surface area contributed by atoms with Gasteiger partial charge in [-0.25, -0.2) is 8.42 Å². The maximum Gasteiger partial charge on any atom is 0.271 e. The molecule has 1 aliphatic rings. The molecule has 2 aromatic rings. The normalized spacial score (nSPS) is 13.8. The van der Waals surface area contributed by atoms with E-state index < -0.39 is 21.3 Å². The van der Waals surface area contributed by atoms with Gasteiger partial charge in [0, 0.05) is 41.9 Å². The van der Waals surface area contributed by atoms with Crippen molar-refractivity contribution >= 4 is 49.2 Å². The number of halogens is 2. The number of aromatic nitrogens is 1. The van der Waals surface area contributed by atoms with Gasteiger partial charge in [0.15, 0.2) is 0 Å². The molecule has 1 aromatic carbocycles. The molecule has 0 aliphatic carbocycles. The van der Waals surface area contributed by atoms with Crippen LogP contribution >= 0.6 is 27.5 Å².